The molecule has 3 rings (SSSR count). The average molecular weight is 316 g/mol. The van der Waals surface area contributed by atoms with Gasteiger partial charge < -0.3 is 5.32 Å². The second-order valence-electron chi connectivity index (χ2n) is 5.18. The van der Waals surface area contributed by atoms with E-state index in [1.54, 1.807) is 11.3 Å². The number of hydrogen-bond acceptors (Lipinski definition) is 2. The number of hydrogen-bond donors (Lipinski definition) is 1. The Labute approximate surface area is 134 Å². The molecule has 0 saturated heterocycles. The Morgan fingerprint density at radius 1 is 1.00 bits per heavy atom. The first kappa shape index (κ1) is 14.6. The summed E-state index contributed by atoms with van der Waals surface area (Å²) >= 11 is 7.92. The molecule has 1 N–H and O–H groups in total. The molecule has 0 amide bonds. The van der Waals surface area contributed by atoms with Gasteiger partial charge in [0.1, 0.15) is 0 Å². The van der Waals surface area contributed by atoms with Gasteiger partial charge >= 0.3 is 0 Å². The fourth-order valence-corrected chi connectivity index (χ4v) is 3.68. The van der Waals surface area contributed by atoms with Crippen LogP contribution >= 0.6 is 22.9 Å². The third-order valence-electron chi connectivity index (χ3n) is 3.65. The molecule has 1 aromatic heterocycles. The molecule has 0 radical (unpaired) electrons. The monoisotopic (exact) mass is 315 g/mol. The van der Waals surface area contributed by atoms with E-state index in [9.17, 15) is 0 Å². The number of benzene rings is 2. The van der Waals surface area contributed by atoms with Crippen LogP contribution in [0.15, 0.2) is 60.0 Å². The minimum absolute atomic E-state index is 0.299. The van der Waals surface area contributed by atoms with Gasteiger partial charge in [-0.15, -0.1) is 22.9 Å². The third-order valence-corrected chi connectivity index (χ3v) is 5.04. The highest BCUT2D eigenvalue weighted by Gasteiger charge is 2.09. The minimum Gasteiger partial charge on any atom is -0.308 e. The van der Waals surface area contributed by atoms with E-state index in [1.807, 2.05) is 6.07 Å². The third kappa shape index (κ3) is 3.65. The lowest BCUT2D eigenvalue weighted by Gasteiger charge is -2.16. The van der Waals surface area contributed by atoms with Crippen molar-refractivity contribution in [3.63, 3.8) is 0 Å². The molecule has 1 nitrogen and oxygen atoms in total. The second kappa shape index (κ2) is 7.08. The van der Waals surface area contributed by atoms with Crippen molar-refractivity contribution in [2.45, 2.75) is 19.0 Å². The lowest BCUT2D eigenvalue weighted by atomic mass is 10.1. The average Bonchev–Trinajstić information content (AvgIpc) is 2.96. The minimum atomic E-state index is 0.299. The van der Waals surface area contributed by atoms with Gasteiger partial charge in [-0.2, -0.15) is 0 Å². The Kier molecular flexibility index (Phi) is 4.91. The number of thiophene rings is 1. The molecule has 0 fully saturated rings. The predicted molar refractivity (Wildman–Crippen MR) is 93.3 cm³/mol. The molecule has 0 aliphatic carbocycles. The molecular formula is C18H18ClNS. The van der Waals surface area contributed by atoms with E-state index in [2.05, 4.69) is 59.2 Å². The van der Waals surface area contributed by atoms with Crippen LogP contribution in [0, 0.1) is 0 Å². The van der Waals surface area contributed by atoms with Gasteiger partial charge in [-0.05, 0) is 34.4 Å². The fraction of sp³-hybridized carbons (Fsp3) is 0.222. The molecule has 0 spiro atoms. The molecule has 1 atom stereocenters. The van der Waals surface area contributed by atoms with Crippen molar-refractivity contribution in [3.8, 4) is 0 Å². The smallest absolute Gasteiger partial charge is 0.0380 e. The topological polar surface area (TPSA) is 12.0 Å². The first-order valence-electron chi connectivity index (χ1n) is 7.15. The second-order valence-corrected chi connectivity index (χ2v) is 6.40. The summed E-state index contributed by atoms with van der Waals surface area (Å²) in [6.45, 7) is 0.869. The van der Waals surface area contributed by atoms with Crippen LogP contribution in [0.4, 0.5) is 0 Å². The Hall–Kier alpha value is -1.35. The lowest BCUT2D eigenvalue weighted by Crippen LogP contribution is -2.32. The van der Waals surface area contributed by atoms with Gasteiger partial charge in [0.05, 0.1) is 0 Å². The highest BCUT2D eigenvalue weighted by Crippen LogP contribution is 2.25. The van der Waals surface area contributed by atoms with Crippen molar-refractivity contribution in [3.05, 3.63) is 71.1 Å². The summed E-state index contributed by atoms with van der Waals surface area (Å²) in [4.78, 5) is 0. The molecule has 0 aliphatic rings. The summed E-state index contributed by atoms with van der Waals surface area (Å²) in [6.07, 6.45) is 0.965. The number of halogens is 1. The van der Waals surface area contributed by atoms with E-state index in [0.29, 0.717) is 11.9 Å². The van der Waals surface area contributed by atoms with Gasteiger partial charge in [0.15, 0.2) is 0 Å². The summed E-state index contributed by atoms with van der Waals surface area (Å²) < 4.78 is 1.35. The number of nitrogens with one attached hydrogen (secondary N) is 1. The predicted octanol–water partition coefficient (Wildman–Crippen LogP) is 4.84. The normalized spacial score (nSPS) is 12.6. The van der Waals surface area contributed by atoms with Crippen molar-refractivity contribution in [2.75, 3.05) is 5.88 Å². The van der Waals surface area contributed by atoms with Crippen LogP contribution in [-0.4, -0.2) is 11.9 Å². The summed E-state index contributed by atoms with van der Waals surface area (Å²) in [6, 6.07) is 19.4. The molecule has 1 heterocycles. The van der Waals surface area contributed by atoms with Gasteiger partial charge in [-0.3, -0.25) is 0 Å². The zero-order valence-electron chi connectivity index (χ0n) is 11.8. The van der Waals surface area contributed by atoms with E-state index >= 15 is 0 Å². The highest BCUT2D eigenvalue weighted by atomic mass is 35.5. The van der Waals surface area contributed by atoms with Gasteiger partial charge in [0, 0.05) is 23.2 Å². The van der Waals surface area contributed by atoms with Crippen LogP contribution in [0.25, 0.3) is 10.1 Å². The summed E-state index contributed by atoms with van der Waals surface area (Å²) in [5.41, 5.74) is 2.68. The molecule has 108 valence electrons. The molecule has 21 heavy (non-hydrogen) atoms. The van der Waals surface area contributed by atoms with Gasteiger partial charge in [0.2, 0.25) is 0 Å². The van der Waals surface area contributed by atoms with Crippen LogP contribution in [-0.2, 0) is 13.0 Å². The zero-order chi connectivity index (χ0) is 14.5. The van der Waals surface area contributed by atoms with Gasteiger partial charge in [-0.1, -0.05) is 48.5 Å². The van der Waals surface area contributed by atoms with E-state index < -0.39 is 0 Å². The number of alkyl halides is 1. The standard InChI is InChI=1S/C18H18ClNS/c19-11-16(10-14-6-2-1-3-7-14)20-12-15-13-21-18-9-5-4-8-17(15)18/h1-9,13,16,20H,10-12H2. The molecule has 2 aromatic carbocycles. The first-order valence-corrected chi connectivity index (χ1v) is 8.56. The van der Waals surface area contributed by atoms with E-state index in [-0.39, 0.29) is 0 Å². The Bertz CT molecular complexity index is 693. The Morgan fingerprint density at radius 3 is 2.57 bits per heavy atom. The molecule has 3 heteroatoms. The Balaban J connectivity index is 1.65. The zero-order valence-corrected chi connectivity index (χ0v) is 13.3. The fourth-order valence-electron chi connectivity index (χ4n) is 2.50. The maximum absolute atomic E-state index is 6.12. The molecular weight excluding hydrogens is 298 g/mol. The van der Waals surface area contributed by atoms with Crippen LogP contribution in [0.5, 0.6) is 0 Å². The molecule has 3 aromatic rings. The summed E-state index contributed by atoms with van der Waals surface area (Å²) in [5, 5.41) is 7.18. The van der Waals surface area contributed by atoms with Gasteiger partial charge in [0.25, 0.3) is 0 Å². The molecule has 0 saturated carbocycles. The summed E-state index contributed by atoms with van der Waals surface area (Å²) in [5.74, 6) is 0.622. The van der Waals surface area contributed by atoms with Crippen LogP contribution < -0.4 is 5.32 Å². The maximum Gasteiger partial charge on any atom is 0.0380 e. The van der Waals surface area contributed by atoms with Crippen molar-refractivity contribution < 1.29 is 0 Å². The van der Waals surface area contributed by atoms with Crippen molar-refractivity contribution in [1.29, 1.82) is 0 Å². The van der Waals surface area contributed by atoms with Crippen LogP contribution in [0.2, 0.25) is 0 Å². The van der Waals surface area contributed by atoms with Crippen molar-refractivity contribution >= 4 is 33.0 Å². The number of fused-ring (bicyclic) bond motifs is 1. The Morgan fingerprint density at radius 2 is 1.76 bits per heavy atom. The molecule has 0 bridgehead atoms. The van der Waals surface area contributed by atoms with Crippen molar-refractivity contribution in [2.24, 2.45) is 0 Å². The first-order chi connectivity index (χ1) is 10.4. The molecule has 0 aliphatic heterocycles. The van der Waals surface area contributed by atoms with Crippen LogP contribution in [0.1, 0.15) is 11.1 Å². The lowest BCUT2D eigenvalue weighted by molar-refractivity contribution is 0.552. The van der Waals surface area contributed by atoms with E-state index in [0.717, 1.165) is 13.0 Å². The summed E-state index contributed by atoms with van der Waals surface area (Å²) in [7, 11) is 0. The van der Waals surface area contributed by atoms with Crippen molar-refractivity contribution in [1.82, 2.24) is 5.32 Å². The number of rotatable bonds is 6. The SMILES string of the molecule is ClCC(Cc1ccccc1)NCc1csc2ccccc12. The largest absolute Gasteiger partial charge is 0.308 e. The van der Waals surface area contributed by atoms with Gasteiger partial charge in [-0.25, -0.2) is 0 Å². The quantitative estimate of drug-likeness (QED) is 0.642. The van der Waals surface area contributed by atoms with E-state index in [1.165, 1.54) is 21.2 Å². The molecule has 1 unspecified atom stereocenters. The van der Waals surface area contributed by atoms with Crippen LogP contribution in [0.3, 0.4) is 0 Å². The maximum atomic E-state index is 6.12. The highest BCUT2D eigenvalue weighted by molar-refractivity contribution is 7.17. The van der Waals surface area contributed by atoms with E-state index in [4.69, 9.17) is 11.6 Å².